The molecule has 0 radical (unpaired) electrons. The second-order valence-electron chi connectivity index (χ2n) is 4.37. The number of carbonyl (C=O) groups excluding carboxylic acids is 1. The lowest BCUT2D eigenvalue weighted by Crippen LogP contribution is -2.60. The van der Waals surface area contributed by atoms with Crippen LogP contribution in [0.2, 0.25) is 0 Å². The van der Waals surface area contributed by atoms with Gasteiger partial charge in [0.1, 0.15) is 5.38 Å². The first-order chi connectivity index (χ1) is 6.63. The molecule has 2 bridgehead atoms. The molecule has 3 unspecified atom stereocenters. The monoisotopic (exact) mass is 217 g/mol. The molecule has 3 aliphatic rings. The highest BCUT2D eigenvalue weighted by Crippen LogP contribution is 2.40. The zero-order valence-corrected chi connectivity index (χ0v) is 9.07. The summed E-state index contributed by atoms with van der Waals surface area (Å²) in [5.41, 5.74) is 0. The molecule has 14 heavy (non-hydrogen) atoms. The van der Waals surface area contributed by atoms with Crippen LogP contribution in [0.3, 0.4) is 0 Å². The van der Waals surface area contributed by atoms with E-state index in [1.807, 2.05) is 11.8 Å². The van der Waals surface area contributed by atoms with Gasteiger partial charge in [-0.3, -0.25) is 4.79 Å². The Morgan fingerprint density at radius 1 is 1.57 bits per heavy atom. The number of alkyl halides is 1. The van der Waals surface area contributed by atoms with Crippen molar-refractivity contribution in [3.05, 3.63) is 0 Å². The summed E-state index contributed by atoms with van der Waals surface area (Å²) in [6, 6.07) is 0. The number of halogens is 1. The normalized spacial score (nSPS) is 37.6. The van der Waals surface area contributed by atoms with Gasteiger partial charge in [0.2, 0.25) is 5.91 Å². The van der Waals surface area contributed by atoms with Gasteiger partial charge in [0.05, 0.1) is 6.10 Å². The van der Waals surface area contributed by atoms with E-state index in [4.69, 9.17) is 11.6 Å². The molecule has 1 saturated carbocycles. The summed E-state index contributed by atoms with van der Waals surface area (Å²) in [6.07, 6.45) is 1.58. The Morgan fingerprint density at radius 2 is 2.14 bits per heavy atom. The third-order valence-corrected chi connectivity index (χ3v) is 3.91. The van der Waals surface area contributed by atoms with E-state index >= 15 is 0 Å². The predicted octanol–water partition coefficient (Wildman–Crippen LogP) is 0.843. The molecule has 3 rings (SSSR count). The quantitative estimate of drug-likeness (QED) is 0.697. The second kappa shape index (κ2) is 3.70. The van der Waals surface area contributed by atoms with Crippen LogP contribution in [0.1, 0.15) is 19.8 Å². The van der Waals surface area contributed by atoms with Gasteiger partial charge in [-0.2, -0.15) is 0 Å². The predicted molar refractivity (Wildman–Crippen MR) is 54.1 cm³/mol. The topological polar surface area (TPSA) is 40.5 Å². The summed E-state index contributed by atoms with van der Waals surface area (Å²) in [5, 5.41) is 9.17. The SMILES string of the molecule is CCC(Cl)C(=O)N1CC2CC(C1)C2O. The number of hydrogen-bond acceptors (Lipinski definition) is 2. The van der Waals surface area contributed by atoms with Crippen molar-refractivity contribution in [1.29, 1.82) is 0 Å². The highest BCUT2D eigenvalue weighted by atomic mass is 35.5. The maximum absolute atomic E-state index is 11.7. The number of hydrogen-bond donors (Lipinski definition) is 1. The average molecular weight is 218 g/mol. The van der Waals surface area contributed by atoms with Crippen LogP contribution in [-0.4, -0.2) is 40.5 Å². The molecule has 0 aromatic heterocycles. The van der Waals surface area contributed by atoms with Gasteiger partial charge in [-0.15, -0.1) is 11.6 Å². The van der Waals surface area contributed by atoms with Crippen LogP contribution in [0.25, 0.3) is 0 Å². The summed E-state index contributed by atoms with van der Waals surface area (Å²) in [7, 11) is 0. The summed E-state index contributed by atoms with van der Waals surface area (Å²) in [6.45, 7) is 3.30. The first-order valence-electron chi connectivity index (χ1n) is 5.24. The van der Waals surface area contributed by atoms with Gasteiger partial charge < -0.3 is 10.0 Å². The van der Waals surface area contributed by atoms with E-state index in [1.165, 1.54) is 0 Å². The fourth-order valence-corrected chi connectivity index (χ4v) is 2.55. The molecule has 3 nitrogen and oxygen atoms in total. The van der Waals surface area contributed by atoms with Crippen molar-refractivity contribution in [3.8, 4) is 0 Å². The molecule has 0 spiro atoms. The van der Waals surface area contributed by atoms with Gasteiger partial charge in [-0.05, 0) is 12.8 Å². The Hall–Kier alpha value is -0.280. The minimum Gasteiger partial charge on any atom is -0.392 e. The van der Waals surface area contributed by atoms with Gasteiger partial charge in [0, 0.05) is 24.9 Å². The lowest BCUT2D eigenvalue weighted by Gasteiger charge is -2.51. The van der Waals surface area contributed by atoms with Crippen LogP contribution < -0.4 is 0 Å². The number of fused-ring (bicyclic) bond motifs is 2. The van der Waals surface area contributed by atoms with Gasteiger partial charge in [-0.1, -0.05) is 6.92 Å². The Kier molecular flexibility index (Phi) is 2.71. The summed E-state index contributed by atoms with van der Waals surface area (Å²) < 4.78 is 0. The summed E-state index contributed by atoms with van der Waals surface area (Å²) >= 11 is 5.89. The highest BCUT2D eigenvalue weighted by molar-refractivity contribution is 6.30. The largest absolute Gasteiger partial charge is 0.392 e. The van der Waals surface area contributed by atoms with Crippen molar-refractivity contribution >= 4 is 17.5 Å². The zero-order valence-electron chi connectivity index (χ0n) is 8.32. The first kappa shape index (κ1) is 10.2. The molecule has 2 heterocycles. The minimum absolute atomic E-state index is 0.0377. The van der Waals surface area contributed by atoms with E-state index in [2.05, 4.69) is 0 Å². The van der Waals surface area contributed by atoms with E-state index in [0.29, 0.717) is 31.3 Å². The molecule has 2 aliphatic heterocycles. The molecular formula is C10H16ClNO2. The number of nitrogens with zero attached hydrogens (tertiary/aromatic N) is 1. The van der Waals surface area contributed by atoms with Crippen LogP contribution >= 0.6 is 11.6 Å². The van der Waals surface area contributed by atoms with Crippen LogP contribution in [0.4, 0.5) is 0 Å². The molecule has 1 N–H and O–H groups in total. The van der Waals surface area contributed by atoms with Crippen molar-refractivity contribution in [2.24, 2.45) is 11.8 Å². The molecule has 0 aromatic rings. The fourth-order valence-electron chi connectivity index (χ4n) is 2.42. The first-order valence-corrected chi connectivity index (χ1v) is 5.68. The van der Waals surface area contributed by atoms with Crippen LogP contribution in [0, 0.1) is 11.8 Å². The number of amides is 1. The van der Waals surface area contributed by atoms with Crippen molar-refractivity contribution in [1.82, 2.24) is 4.90 Å². The highest BCUT2D eigenvalue weighted by Gasteiger charge is 2.47. The van der Waals surface area contributed by atoms with Crippen LogP contribution in [-0.2, 0) is 4.79 Å². The lowest BCUT2D eigenvalue weighted by molar-refractivity contribution is -0.150. The van der Waals surface area contributed by atoms with Gasteiger partial charge in [-0.25, -0.2) is 0 Å². The van der Waals surface area contributed by atoms with E-state index in [-0.39, 0.29) is 17.4 Å². The second-order valence-corrected chi connectivity index (χ2v) is 4.89. The summed E-state index contributed by atoms with van der Waals surface area (Å²) in [4.78, 5) is 13.5. The molecule has 1 aliphatic carbocycles. The maximum atomic E-state index is 11.7. The average Bonchev–Trinajstić information content (AvgIpc) is 2.26. The Morgan fingerprint density at radius 3 is 2.57 bits per heavy atom. The van der Waals surface area contributed by atoms with Crippen molar-refractivity contribution in [3.63, 3.8) is 0 Å². The third kappa shape index (κ3) is 1.52. The summed E-state index contributed by atoms with van der Waals surface area (Å²) in [5.74, 6) is 0.646. The molecule has 4 heteroatoms. The standard InChI is InChI=1S/C10H16ClNO2/c1-2-8(11)10(14)12-4-6-3-7(5-12)9(6)13/h6-9,13H,2-5H2,1H3. The van der Waals surface area contributed by atoms with E-state index in [9.17, 15) is 9.90 Å². The van der Waals surface area contributed by atoms with Crippen LogP contribution in [0.15, 0.2) is 0 Å². The molecule has 3 atom stereocenters. The van der Waals surface area contributed by atoms with E-state index in [1.54, 1.807) is 0 Å². The molecule has 3 fully saturated rings. The van der Waals surface area contributed by atoms with Crippen molar-refractivity contribution in [2.75, 3.05) is 13.1 Å². The molecule has 80 valence electrons. The molecule has 2 saturated heterocycles. The van der Waals surface area contributed by atoms with E-state index < -0.39 is 0 Å². The fraction of sp³-hybridized carbons (Fsp3) is 0.900. The number of carbonyl (C=O) groups is 1. The van der Waals surface area contributed by atoms with Crippen LogP contribution in [0.5, 0.6) is 0 Å². The number of rotatable bonds is 2. The van der Waals surface area contributed by atoms with Crippen molar-refractivity contribution < 1.29 is 9.90 Å². The van der Waals surface area contributed by atoms with E-state index in [0.717, 1.165) is 6.42 Å². The van der Waals surface area contributed by atoms with Crippen molar-refractivity contribution in [2.45, 2.75) is 31.2 Å². The third-order valence-electron chi connectivity index (χ3n) is 3.42. The Balaban J connectivity index is 1.92. The molecular weight excluding hydrogens is 202 g/mol. The number of aliphatic hydroxyl groups is 1. The smallest absolute Gasteiger partial charge is 0.240 e. The number of piperidine rings is 2. The molecule has 1 amide bonds. The number of aliphatic hydroxyl groups excluding tert-OH is 1. The zero-order chi connectivity index (χ0) is 10.3. The maximum Gasteiger partial charge on any atom is 0.240 e. The Bertz CT molecular complexity index is 234. The Labute approximate surface area is 89.0 Å². The van der Waals surface area contributed by atoms with Gasteiger partial charge in [0.15, 0.2) is 0 Å². The van der Waals surface area contributed by atoms with Gasteiger partial charge >= 0.3 is 0 Å². The molecule has 0 aromatic carbocycles. The lowest BCUT2D eigenvalue weighted by atomic mass is 9.68. The minimum atomic E-state index is -0.385. The van der Waals surface area contributed by atoms with Gasteiger partial charge in [0.25, 0.3) is 0 Å².